The Morgan fingerprint density at radius 3 is 2.55 bits per heavy atom. The summed E-state index contributed by atoms with van der Waals surface area (Å²) in [4.78, 5) is 17.4. The number of rotatable bonds is 2. The number of aliphatic hydroxyl groups is 1. The largest absolute Gasteiger partial charge is 0.509 e. The number of carbonyl (C=O) groups is 1. The number of alkyl halides is 3. The van der Waals surface area contributed by atoms with E-state index in [2.05, 4.69) is 4.99 Å². The van der Waals surface area contributed by atoms with Crippen LogP contribution < -0.4 is 4.90 Å². The molecule has 0 saturated carbocycles. The van der Waals surface area contributed by atoms with E-state index < -0.39 is 23.7 Å². The molecule has 1 N–H and O–H groups in total. The average Bonchev–Trinajstić information content (AvgIpc) is 2.68. The maximum Gasteiger partial charge on any atom is 0.416 e. The summed E-state index contributed by atoms with van der Waals surface area (Å²) in [5.74, 6) is -0.752. The van der Waals surface area contributed by atoms with Crippen molar-refractivity contribution in [2.75, 3.05) is 11.9 Å². The zero-order chi connectivity index (χ0) is 16.7. The van der Waals surface area contributed by atoms with E-state index in [1.54, 1.807) is 13.8 Å². The Kier molecular flexibility index (Phi) is 4.00. The van der Waals surface area contributed by atoms with Gasteiger partial charge < -0.3 is 5.11 Å². The first-order valence-electron chi connectivity index (χ1n) is 6.56. The van der Waals surface area contributed by atoms with Crippen LogP contribution in [0.25, 0.3) is 0 Å². The number of halogens is 3. The Labute approximate surface area is 125 Å². The SMILES string of the molecule is CN=C(C)C1=C(O)C(C)N(c2cccc(C(F)(F)F)c2)C1=O. The topological polar surface area (TPSA) is 52.9 Å². The van der Waals surface area contributed by atoms with Gasteiger partial charge in [0.25, 0.3) is 5.91 Å². The summed E-state index contributed by atoms with van der Waals surface area (Å²) in [6.07, 6.45) is -4.50. The Bertz CT molecular complexity index is 678. The second-order valence-corrected chi connectivity index (χ2v) is 4.97. The number of aliphatic imine (C=N–C) groups is 1. The minimum absolute atomic E-state index is 0.0346. The Hall–Kier alpha value is -2.31. The quantitative estimate of drug-likeness (QED) is 0.852. The second-order valence-electron chi connectivity index (χ2n) is 4.97. The molecule has 1 aromatic rings. The summed E-state index contributed by atoms with van der Waals surface area (Å²) in [5.41, 5.74) is -0.396. The van der Waals surface area contributed by atoms with Gasteiger partial charge in [-0.05, 0) is 32.0 Å². The van der Waals surface area contributed by atoms with E-state index in [1.807, 2.05) is 0 Å². The number of carbonyl (C=O) groups excluding carboxylic acids is 1. The van der Waals surface area contributed by atoms with Crippen molar-refractivity contribution in [3.05, 3.63) is 41.2 Å². The molecule has 1 heterocycles. The molecular weight excluding hydrogens is 297 g/mol. The molecule has 0 bridgehead atoms. The fourth-order valence-corrected chi connectivity index (χ4v) is 2.36. The van der Waals surface area contributed by atoms with Crippen molar-refractivity contribution in [1.82, 2.24) is 0 Å². The van der Waals surface area contributed by atoms with Gasteiger partial charge in [0.2, 0.25) is 0 Å². The van der Waals surface area contributed by atoms with Crippen LogP contribution in [0.1, 0.15) is 19.4 Å². The molecule has 0 fully saturated rings. The van der Waals surface area contributed by atoms with Crippen LogP contribution in [0.5, 0.6) is 0 Å². The van der Waals surface area contributed by atoms with Crippen molar-refractivity contribution in [3.63, 3.8) is 0 Å². The molecule has 1 aliphatic heterocycles. The van der Waals surface area contributed by atoms with E-state index in [0.29, 0.717) is 5.71 Å². The minimum atomic E-state index is -4.50. The molecule has 1 aliphatic rings. The van der Waals surface area contributed by atoms with Crippen LogP contribution in [0.15, 0.2) is 40.6 Å². The molecule has 118 valence electrons. The molecule has 2 rings (SSSR count). The number of nitrogens with zero attached hydrogens (tertiary/aromatic N) is 2. The lowest BCUT2D eigenvalue weighted by Gasteiger charge is -2.23. The normalized spacial score (nSPS) is 20.1. The molecule has 22 heavy (non-hydrogen) atoms. The van der Waals surface area contributed by atoms with Crippen LogP contribution >= 0.6 is 0 Å². The maximum absolute atomic E-state index is 12.8. The molecule has 1 amide bonds. The molecule has 4 nitrogen and oxygen atoms in total. The van der Waals surface area contributed by atoms with Crippen LogP contribution in [0.4, 0.5) is 18.9 Å². The van der Waals surface area contributed by atoms with Gasteiger partial charge in [0.05, 0.1) is 11.6 Å². The molecule has 0 spiro atoms. The number of hydrogen-bond acceptors (Lipinski definition) is 3. The first kappa shape index (κ1) is 16.1. The number of hydrogen-bond donors (Lipinski definition) is 1. The number of anilines is 1. The molecule has 0 aliphatic carbocycles. The summed E-state index contributed by atoms with van der Waals surface area (Å²) >= 11 is 0. The van der Waals surface area contributed by atoms with Crippen LogP contribution in [0.2, 0.25) is 0 Å². The van der Waals surface area contributed by atoms with Crippen LogP contribution in [0, 0.1) is 0 Å². The molecule has 1 unspecified atom stereocenters. The van der Waals surface area contributed by atoms with Crippen molar-refractivity contribution in [2.24, 2.45) is 4.99 Å². The third-order valence-electron chi connectivity index (χ3n) is 3.62. The molecule has 1 atom stereocenters. The first-order chi connectivity index (χ1) is 10.2. The number of aliphatic hydroxyl groups excluding tert-OH is 1. The fraction of sp³-hybridized carbons (Fsp3) is 0.333. The lowest BCUT2D eigenvalue weighted by molar-refractivity contribution is -0.137. The average molecular weight is 312 g/mol. The second kappa shape index (κ2) is 5.47. The van der Waals surface area contributed by atoms with Crippen molar-refractivity contribution in [1.29, 1.82) is 0 Å². The zero-order valence-corrected chi connectivity index (χ0v) is 12.3. The molecule has 0 aromatic heterocycles. The van der Waals surface area contributed by atoms with Gasteiger partial charge in [-0.25, -0.2) is 0 Å². The smallest absolute Gasteiger partial charge is 0.416 e. The summed E-state index contributed by atoms with van der Waals surface area (Å²) in [5, 5.41) is 10.1. The Morgan fingerprint density at radius 1 is 1.36 bits per heavy atom. The molecule has 1 aromatic carbocycles. The summed E-state index contributed by atoms with van der Waals surface area (Å²) in [6.45, 7) is 3.11. The van der Waals surface area contributed by atoms with Gasteiger partial charge in [-0.15, -0.1) is 0 Å². The van der Waals surface area contributed by atoms with Crippen LogP contribution in [-0.4, -0.2) is 29.8 Å². The summed E-state index contributed by atoms with van der Waals surface area (Å²) in [7, 11) is 1.47. The highest BCUT2D eigenvalue weighted by atomic mass is 19.4. The van der Waals surface area contributed by atoms with Gasteiger partial charge in [-0.1, -0.05) is 6.07 Å². The Balaban J connectivity index is 2.46. The van der Waals surface area contributed by atoms with Gasteiger partial charge in [0, 0.05) is 18.4 Å². The third kappa shape index (κ3) is 2.58. The van der Waals surface area contributed by atoms with Crippen molar-refractivity contribution in [3.8, 4) is 0 Å². The highest BCUT2D eigenvalue weighted by Crippen LogP contribution is 2.35. The predicted molar refractivity (Wildman–Crippen MR) is 77.1 cm³/mol. The van der Waals surface area contributed by atoms with Crippen LogP contribution in [-0.2, 0) is 11.0 Å². The summed E-state index contributed by atoms with van der Waals surface area (Å²) < 4.78 is 38.4. The fourth-order valence-electron chi connectivity index (χ4n) is 2.36. The van der Waals surface area contributed by atoms with Gasteiger partial charge in [0.1, 0.15) is 11.3 Å². The van der Waals surface area contributed by atoms with E-state index in [-0.39, 0.29) is 17.0 Å². The van der Waals surface area contributed by atoms with Crippen LogP contribution in [0.3, 0.4) is 0 Å². The maximum atomic E-state index is 12.8. The lowest BCUT2D eigenvalue weighted by atomic mass is 10.1. The zero-order valence-electron chi connectivity index (χ0n) is 12.3. The Morgan fingerprint density at radius 2 is 2.00 bits per heavy atom. The van der Waals surface area contributed by atoms with E-state index in [9.17, 15) is 23.1 Å². The molecular formula is C15H15F3N2O2. The van der Waals surface area contributed by atoms with Gasteiger partial charge in [-0.3, -0.25) is 14.7 Å². The standard InChI is InChI=1S/C15H15F3N2O2/c1-8(19-3)12-13(21)9(2)20(14(12)22)11-6-4-5-10(7-11)15(16,17)18/h4-7,9,21H,1-3H3. The highest BCUT2D eigenvalue weighted by Gasteiger charge is 2.40. The van der Waals surface area contributed by atoms with E-state index in [4.69, 9.17) is 0 Å². The van der Waals surface area contributed by atoms with Gasteiger partial charge in [0.15, 0.2) is 0 Å². The highest BCUT2D eigenvalue weighted by molar-refractivity contribution is 6.28. The predicted octanol–water partition coefficient (Wildman–Crippen LogP) is 3.34. The van der Waals surface area contributed by atoms with Crippen molar-refractivity contribution >= 4 is 17.3 Å². The minimum Gasteiger partial charge on any atom is -0.509 e. The van der Waals surface area contributed by atoms with Crippen molar-refractivity contribution in [2.45, 2.75) is 26.1 Å². The molecule has 0 saturated heterocycles. The van der Waals surface area contributed by atoms with Gasteiger partial charge >= 0.3 is 6.18 Å². The lowest BCUT2D eigenvalue weighted by Crippen LogP contribution is -2.34. The van der Waals surface area contributed by atoms with E-state index >= 15 is 0 Å². The van der Waals surface area contributed by atoms with Gasteiger partial charge in [-0.2, -0.15) is 13.2 Å². The van der Waals surface area contributed by atoms with E-state index in [1.165, 1.54) is 19.2 Å². The van der Waals surface area contributed by atoms with Crippen molar-refractivity contribution < 1.29 is 23.1 Å². The number of benzene rings is 1. The molecule has 7 heteroatoms. The molecule has 0 radical (unpaired) electrons. The first-order valence-corrected chi connectivity index (χ1v) is 6.56. The third-order valence-corrected chi connectivity index (χ3v) is 3.62. The summed E-state index contributed by atoms with van der Waals surface area (Å²) in [6, 6.07) is 3.71. The van der Waals surface area contributed by atoms with E-state index in [0.717, 1.165) is 17.0 Å². The monoisotopic (exact) mass is 312 g/mol. The number of amides is 1.